The van der Waals surface area contributed by atoms with Crippen LogP contribution in [-0.4, -0.2) is 36.8 Å². The van der Waals surface area contributed by atoms with Gasteiger partial charge in [-0.25, -0.2) is 13.6 Å². The van der Waals surface area contributed by atoms with Crippen molar-refractivity contribution in [3.63, 3.8) is 0 Å². The minimum absolute atomic E-state index is 0.117. The van der Waals surface area contributed by atoms with Gasteiger partial charge < -0.3 is 15.3 Å². The van der Waals surface area contributed by atoms with Crippen LogP contribution in [0.5, 0.6) is 0 Å². The van der Waals surface area contributed by atoms with Gasteiger partial charge in [0.1, 0.15) is 0 Å². The summed E-state index contributed by atoms with van der Waals surface area (Å²) in [7, 11) is 0. The zero-order valence-electron chi connectivity index (χ0n) is 9.91. The molecule has 0 radical (unpaired) electrons. The zero-order chi connectivity index (χ0) is 13.3. The molecule has 1 atom stereocenters. The van der Waals surface area contributed by atoms with E-state index in [1.807, 2.05) is 6.92 Å². The van der Waals surface area contributed by atoms with Crippen LogP contribution in [0.2, 0.25) is 0 Å². The highest BCUT2D eigenvalue weighted by atomic mass is 19.2. The molecular weight excluding hydrogens is 242 g/mol. The highest BCUT2D eigenvalue weighted by Gasteiger charge is 2.23. The van der Waals surface area contributed by atoms with E-state index in [0.717, 1.165) is 6.07 Å². The van der Waals surface area contributed by atoms with E-state index in [1.54, 1.807) is 4.90 Å². The third-order valence-corrected chi connectivity index (χ3v) is 3.00. The average molecular weight is 256 g/mol. The van der Waals surface area contributed by atoms with Gasteiger partial charge in [0.25, 0.3) is 0 Å². The summed E-state index contributed by atoms with van der Waals surface area (Å²) in [5, 5.41) is 11.9. The van der Waals surface area contributed by atoms with Crippen molar-refractivity contribution >= 4 is 11.7 Å². The summed E-state index contributed by atoms with van der Waals surface area (Å²) in [5.41, 5.74) is -0.523. The molecule has 18 heavy (non-hydrogen) atoms. The molecule has 2 N–H and O–H groups in total. The second-order valence-corrected chi connectivity index (χ2v) is 4.37. The number of hydrogen-bond acceptors (Lipinski definition) is 3. The van der Waals surface area contributed by atoms with Crippen molar-refractivity contribution in [2.75, 3.05) is 24.5 Å². The standard InChI is InChI=1S/C12H14F2N2O2/c1-7-6-16(5-4-15-7)9-3-2-8(12(17)18)10(13)11(9)14/h2-3,7,15H,4-6H2,1H3,(H,17,18). The molecule has 4 nitrogen and oxygen atoms in total. The first-order valence-electron chi connectivity index (χ1n) is 5.70. The molecule has 1 aliphatic rings. The first-order chi connectivity index (χ1) is 8.50. The normalized spacial score (nSPS) is 19.9. The summed E-state index contributed by atoms with van der Waals surface area (Å²) >= 11 is 0. The monoisotopic (exact) mass is 256 g/mol. The van der Waals surface area contributed by atoms with Gasteiger partial charge in [-0.3, -0.25) is 0 Å². The molecule has 1 fully saturated rings. The van der Waals surface area contributed by atoms with Gasteiger partial charge in [0.2, 0.25) is 0 Å². The van der Waals surface area contributed by atoms with Crippen LogP contribution in [0.25, 0.3) is 0 Å². The van der Waals surface area contributed by atoms with E-state index >= 15 is 0 Å². The molecule has 1 aromatic carbocycles. The number of nitrogens with zero attached hydrogens (tertiary/aromatic N) is 1. The predicted octanol–water partition coefficient (Wildman–Crippen LogP) is 1.46. The summed E-state index contributed by atoms with van der Waals surface area (Å²) in [5.74, 6) is -3.86. The Bertz CT molecular complexity index is 479. The SMILES string of the molecule is CC1CN(c2ccc(C(=O)O)c(F)c2F)CCN1. The summed E-state index contributed by atoms with van der Waals surface area (Å²) < 4.78 is 27.4. The number of nitrogens with one attached hydrogen (secondary N) is 1. The van der Waals surface area contributed by atoms with Crippen LogP contribution < -0.4 is 10.2 Å². The van der Waals surface area contributed by atoms with Crippen LogP contribution in [0.1, 0.15) is 17.3 Å². The molecule has 1 saturated heterocycles. The summed E-state index contributed by atoms with van der Waals surface area (Å²) in [4.78, 5) is 12.4. The van der Waals surface area contributed by atoms with E-state index < -0.39 is 23.2 Å². The van der Waals surface area contributed by atoms with Crippen LogP contribution in [0.4, 0.5) is 14.5 Å². The number of piperazine rings is 1. The van der Waals surface area contributed by atoms with Crippen molar-refractivity contribution in [3.05, 3.63) is 29.3 Å². The molecule has 0 amide bonds. The Hall–Kier alpha value is -1.69. The van der Waals surface area contributed by atoms with Crippen molar-refractivity contribution < 1.29 is 18.7 Å². The van der Waals surface area contributed by atoms with Gasteiger partial charge >= 0.3 is 5.97 Å². The van der Waals surface area contributed by atoms with Gasteiger partial charge in [0.05, 0.1) is 11.3 Å². The number of benzene rings is 1. The molecule has 1 heterocycles. The number of rotatable bonds is 2. The number of halogens is 2. The largest absolute Gasteiger partial charge is 0.478 e. The minimum atomic E-state index is -1.47. The second-order valence-electron chi connectivity index (χ2n) is 4.37. The third kappa shape index (κ3) is 2.28. The average Bonchev–Trinajstić information content (AvgIpc) is 2.32. The Kier molecular flexibility index (Phi) is 3.47. The maximum absolute atomic E-state index is 13.8. The number of anilines is 1. The lowest BCUT2D eigenvalue weighted by Crippen LogP contribution is -2.49. The van der Waals surface area contributed by atoms with Crippen LogP contribution in [0.3, 0.4) is 0 Å². The van der Waals surface area contributed by atoms with E-state index in [9.17, 15) is 13.6 Å². The van der Waals surface area contributed by atoms with Gasteiger partial charge in [-0.1, -0.05) is 0 Å². The highest BCUT2D eigenvalue weighted by molar-refractivity contribution is 5.88. The summed E-state index contributed by atoms with van der Waals surface area (Å²) in [6.45, 7) is 3.75. The topological polar surface area (TPSA) is 52.6 Å². The Morgan fingerprint density at radius 1 is 1.44 bits per heavy atom. The summed E-state index contributed by atoms with van der Waals surface area (Å²) in [6, 6.07) is 2.60. The molecule has 0 aromatic heterocycles. The Labute approximate surface area is 103 Å². The fourth-order valence-electron chi connectivity index (χ4n) is 2.10. The summed E-state index contributed by atoms with van der Waals surface area (Å²) in [6.07, 6.45) is 0. The van der Waals surface area contributed by atoms with Gasteiger partial charge in [-0.2, -0.15) is 0 Å². The number of carbonyl (C=O) groups is 1. The van der Waals surface area contributed by atoms with Crippen LogP contribution in [-0.2, 0) is 0 Å². The van der Waals surface area contributed by atoms with Crippen molar-refractivity contribution in [2.45, 2.75) is 13.0 Å². The van der Waals surface area contributed by atoms with Crippen LogP contribution >= 0.6 is 0 Å². The van der Waals surface area contributed by atoms with E-state index in [-0.39, 0.29) is 11.7 Å². The van der Waals surface area contributed by atoms with Crippen molar-refractivity contribution in [1.82, 2.24) is 5.32 Å². The van der Waals surface area contributed by atoms with E-state index in [4.69, 9.17) is 5.11 Å². The first-order valence-corrected chi connectivity index (χ1v) is 5.70. The van der Waals surface area contributed by atoms with Gasteiger partial charge in [0.15, 0.2) is 11.6 Å². The number of carboxylic acids is 1. The van der Waals surface area contributed by atoms with Crippen LogP contribution in [0, 0.1) is 11.6 Å². The molecule has 0 aliphatic carbocycles. The van der Waals surface area contributed by atoms with E-state index in [0.29, 0.717) is 19.6 Å². The molecule has 1 unspecified atom stereocenters. The number of hydrogen-bond donors (Lipinski definition) is 2. The van der Waals surface area contributed by atoms with Gasteiger partial charge in [0, 0.05) is 25.7 Å². The van der Waals surface area contributed by atoms with Crippen molar-refractivity contribution in [2.24, 2.45) is 0 Å². The molecular formula is C12H14F2N2O2. The Balaban J connectivity index is 2.34. The molecule has 0 spiro atoms. The fraction of sp³-hybridized carbons (Fsp3) is 0.417. The molecule has 0 bridgehead atoms. The lowest BCUT2D eigenvalue weighted by Gasteiger charge is -2.33. The van der Waals surface area contributed by atoms with Gasteiger partial charge in [-0.05, 0) is 19.1 Å². The van der Waals surface area contributed by atoms with E-state index in [2.05, 4.69) is 5.32 Å². The predicted molar refractivity (Wildman–Crippen MR) is 63.0 cm³/mol. The number of aromatic carboxylic acids is 1. The maximum Gasteiger partial charge on any atom is 0.338 e. The molecule has 98 valence electrons. The lowest BCUT2D eigenvalue weighted by molar-refractivity contribution is 0.0690. The third-order valence-electron chi connectivity index (χ3n) is 3.00. The Morgan fingerprint density at radius 2 is 2.17 bits per heavy atom. The fourth-order valence-corrected chi connectivity index (χ4v) is 2.10. The van der Waals surface area contributed by atoms with Gasteiger partial charge in [-0.15, -0.1) is 0 Å². The number of carboxylic acid groups (broad SMARTS) is 1. The van der Waals surface area contributed by atoms with Crippen LogP contribution in [0.15, 0.2) is 12.1 Å². The minimum Gasteiger partial charge on any atom is -0.478 e. The first kappa shape index (κ1) is 12.8. The molecule has 1 aromatic rings. The Morgan fingerprint density at radius 3 is 2.78 bits per heavy atom. The maximum atomic E-state index is 13.8. The van der Waals surface area contributed by atoms with Crippen molar-refractivity contribution in [3.8, 4) is 0 Å². The smallest absolute Gasteiger partial charge is 0.338 e. The quantitative estimate of drug-likeness (QED) is 0.841. The highest BCUT2D eigenvalue weighted by Crippen LogP contribution is 2.25. The van der Waals surface area contributed by atoms with E-state index in [1.165, 1.54) is 6.07 Å². The lowest BCUT2D eigenvalue weighted by atomic mass is 10.1. The molecule has 0 saturated carbocycles. The molecule has 1 aliphatic heterocycles. The second kappa shape index (κ2) is 4.89. The molecule has 6 heteroatoms. The zero-order valence-corrected chi connectivity index (χ0v) is 9.91. The van der Waals surface area contributed by atoms with Crippen molar-refractivity contribution in [1.29, 1.82) is 0 Å². The molecule has 2 rings (SSSR count).